The standard InChI is InChI=1S/C23H27N5O8/c1-2-10-36-23(34)28-18(21(31)32)14-26-20(30)17-4-3-16(12-19(17)29)35-11-9-25-22(33)27-13-15-5-7-24-8-6-15/h2-8,12,18,29H,1,9-11,13-14H2,(H,26,30)(H,28,34)(H,31,32)(H2,25,27,33)/t18-/m0/s1. The van der Waals surface area contributed by atoms with Crippen molar-refractivity contribution in [3.63, 3.8) is 0 Å². The second kappa shape index (κ2) is 14.5. The van der Waals surface area contributed by atoms with Gasteiger partial charge in [-0.1, -0.05) is 12.7 Å². The van der Waals surface area contributed by atoms with E-state index in [4.69, 9.17) is 4.74 Å². The number of aliphatic carboxylic acids is 1. The van der Waals surface area contributed by atoms with Gasteiger partial charge in [-0.3, -0.25) is 9.78 Å². The number of hydrogen-bond acceptors (Lipinski definition) is 8. The Morgan fingerprint density at radius 2 is 1.83 bits per heavy atom. The number of alkyl carbamates (subject to hydrolysis) is 1. The molecule has 0 aliphatic heterocycles. The first kappa shape index (κ1) is 27.4. The third kappa shape index (κ3) is 9.59. The third-order valence-corrected chi connectivity index (χ3v) is 4.46. The van der Waals surface area contributed by atoms with Crippen LogP contribution in [0.4, 0.5) is 9.59 Å². The van der Waals surface area contributed by atoms with Gasteiger partial charge in [0, 0.05) is 31.5 Å². The fraction of sp³-hybridized carbons (Fsp3) is 0.261. The maximum atomic E-state index is 12.3. The molecule has 0 unspecified atom stereocenters. The molecule has 2 rings (SSSR count). The molecule has 1 heterocycles. The Hall–Kier alpha value is -4.81. The van der Waals surface area contributed by atoms with E-state index in [0.717, 1.165) is 5.56 Å². The van der Waals surface area contributed by atoms with E-state index in [1.807, 2.05) is 0 Å². The third-order valence-electron chi connectivity index (χ3n) is 4.46. The summed E-state index contributed by atoms with van der Waals surface area (Å²) in [5.41, 5.74) is 0.770. The SMILES string of the molecule is C=CCOC(=O)N[C@@H](CNC(=O)c1ccc(OCCNC(=O)NCc2ccncc2)cc1O)C(=O)O. The van der Waals surface area contributed by atoms with Crippen LogP contribution in [0.1, 0.15) is 15.9 Å². The minimum absolute atomic E-state index is 0.0988. The predicted octanol–water partition coefficient (Wildman–Crippen LogP) is 0.761. The van der Waals surface area contributed by atoms with Gasteiger partial charge in [0.15, 0.2) is 0 Å². The van der Waals surface area contributed by atoms with Crippen molar-refractivity contribution in [3.05, 3.63) is 66.5 Å². The molecule has 1 atom stereocenters. The lowest BCUT2D eigenvalue weighted by molar-refractivity contribution is -0.139. The molecular weight excluding hydrogens is 474 g/mol. The Morgan fingerprint density at radius 3 is 2.50 bits per heavy atom. The number of amides is 4. The zero-order chi connectivity index (χ0) is 26.3. The van der Waals surface area contributed by atoms with E-state index in [1.54, 1.807) is 24.5 Å². The molecule has 0 saturated carbocycles. The molecule has 1 aromatic heterocycles. The number of nitrogens with zero attached hydrogens (tertiary/aromatic N) is 1. The molecule has 0 aliphatic carbocycles. The summed E-state index contributed by atoms with van der Waals surface area (Å²) in [5, 5.41) is 29.1. The number of rotatable bonds is 13. The van der Waals surface area contributed by atoms with Crippen LogP contribution in [-0.4, -0.2) is 71.5 Å². The normalized spacial score (nSPS) is 10.9. The number of carbonyl (C=O) groups excluding carboxylic acids is 3. The number of carboxylic acids is 1. The van der Waals surface area contributed by atoms with Gasteiger partial charge < -0.3 is 41.0 Å². The van der Waals surface area contributed by atoms with Gasteiger partial charge >= 0.3 is 18.1 Å². The van der Waals surface area contributed by atoms with Crippen LogP contribution < -0.4 is 26.0 Å². The van der Waals surface area contributed by atoms with Crippen LogP contribution in [0.5, 0.6) is 11.5 Å². The van der Waals surface area contributed by atoms with Gasteiger partial charge in [-0.2, -0.15) is 0 Å². The van der Waals surface area contributed by atoms with Crippen LogP contribution in [-0.2, 0) is 16.1 Å². The Labute approximate surface area is 206 Å². The van der Waals surface area contributed by atoms with Crippen LogP contribution in [0.15, 0.2) is 55.4 Å². The number of nitrogens with one attached hydrogen (secondary N) is 4. The van der Waals surface area contributed by atoms with Crippen molar-refractivity contribution in [3.8, 4) is 11.5 Å². The van der Waals surface area contributed by atoms with E-state index in [0.29, 0.717) is 6.54 Å². The van der Waals surface area contributed by atoms with Crippen molar-refractivity contribution in [2.45, 2.75) is 12.6 Å². The van der Waals surface area contributed by atoms with Gasteiger partial charge in [0.05, 0.1) is 12.1 Å². The molecule has 2 aromatic rings. The molecule has 1 aromatic carbocycles. The van der Waals surface area contributed by atoms with E-state index in [-0.39, 0.29) is 37.1 Å². The molecule has 0 radical (unpaired) electrons. The van der Waals surface area contributed by atoms with Crippen molar-refractivity contribution in [2.24, 2.45) is 0 Å². The first-order valence-corrected chi connectivity index (χ1v) is 10.7. The average Bonchev–Trinajstić information content (AvgIpc) is 2.86. The maximum Gasteiger partial charge on any atom is 0.408 e. The molecule has 0 spiro atoms. The van der Waals surface area contributed by atoms with Crippen molar-refractivity contribution in [1.82, 2.24) is 26.3 Å². The van der Waals surface area contributed by atoms with Crippen LogP contribution in [0.2, 0.25) is 0 Å². The molecule has 13 nitrogen and oxygen atoms in total. The molecule has 192 valence electrons. The number of carboxylic acid groups (broad SMARTS) is 1. The topological polar surface area (TPSA) is 188 Å². The van der Waals surface area contributed by atoms with Crippen LogP contribution in [0, 0.1) is 0 Å². The fourth-order valence-electron chi connectivity index (χ4n) is 2.68. The zero-order valence-electron chi connectivity index (χ0n) is 19.2. The molecular formula is C23H27N5O8. The lowest BCUT2D eigenvalue weighted by Crippen LogP contribution is -2.48. The lowest BCUT2D eigenvalue weighted by Gasteiger charge is -2.15. The Bertz CT molecular complexity index is 1060. The second-order valence-electron chi connectivity index (χ2n) is 7.12. The predicted molar refractivity (Wildman–Crippen MR) is 127 cm³/mol. The Kier molecular flexibility index (Phi) is 11.0. The summed E-state index contributed by atoms with van der Waals surface area (Å²) in [6.07, 6.45) is 3.58. The van der Waals surface area contributed by atoms with Crippen LogP contribution in [0.3, 0.4) is 0 Å². The number of aromatic nitrogens is 1. The molecule has 6 N–H and O–H groups in total. The van der Waals surface area contributed by atoms with E-state index in [2.05, 4.69) is 37.6 Å². The summed E-state index contributed by atoms with van der Waals surface area (Å²) in [7, 11) is 0. The number of hydrogen-bond donors (Lipinski definition) is 6. The largest absolute Gasteiger partial charge is 0.507 e. The quantitative estimate of drug-likeness (QED) is 0.170. The molecule has 0 saturated heterocycles. The van der Waals surface area contributed by atoms with E-state index in [1.165, 1.54) is 24.3 Å². The van der Waals surface area contributed by atoms with Gasteiger partial charge in [-0.05, 0) is 29.8 Å². The Morgan fingerprint density at radius 1 is 1.08 bits per heavy atom. The van der Waals surface area contributed by atoms with Gasteiger partial charge in [0.1, 0.15) is 30.8 Å². The van der Waals surface area contributed by atoms with Crippen LogP contribution >= 0.6 is 0 Å². The Balaban J connectivity index is 1.76. The summed E-state index contributed by atoms with van der Waals surface area (Å²) in [4.78, 5) is 50.9. The van der Waals surface area contributed by atoms with Crippen molar-refractivity contribution >= 4 is 24.0 Å². The van der Waals surface area contributed by atoms with Gasteiger partial charge in [-0.25, -0.2) is 14.4 Å². The molecule has 0 aliphatic rings. The summed E-state index contributed by atoms with van der Waals surface area (Å²) < 4.78 is 10.1. The zero-order valence-corrected chi connectivity index (χ0v) is 19.2. The number of carbonyl (C=O) groups is 4. The number of urea groups is 1. The number of aromatic hydroxyl groups is 1. The summed E-state index contributed by atoms with van der Waals surface area (Å²) in [6.45, 7) is 3.43. The monoisotopic (exact) mass is 501 g/mol. The molecule has 0 fully saturated rings. The van der Waals surface area contributed by atoms with Gasteiger partial charge in [0.2, 0.25) is 0 Å². The first-order chi connectivity index (χ1) is 17.3. The van der Waals surface area contributed by atoms with Crippen molar-refractivity contribution in [1.29, 1.82) is 0 Å². The number of phenolic OH excluding ortho intramolecular Hbond substituents is 1. The molecule has 36 heavy (non-hydrogen) atoms. The fourth-order valence-corrected chi connectivity index (χ4v) is 2.68. The highest BCUT2D eigenvalue weighted by Gasteiger charge is 2.22. The number of pyridine rings is 1. The lowest BCUT2D eigenvalue weighted by atomic mass is 10.1. The van der Waals surface area contributed by atoms with Gasteiger partial charge in [0.25, 0.3) is 5.91 Å². The highest BCUT2D eigenvalue weighted by Crippen LogP contribution is 2.23. The summed E-state index contributed by atoms with van der Waals surface area (Å²) in [5.74, 6) is -2.31. The molecule has 13 heteroatoms. The van der Waals surface area contributed by atoms with Crippen LogP contribution in [0.25, 0.3) is 0 Å². The van der Waals surface area contributed by atoms with E-state index >= 15 is 0 Å². The summed E-state index contributed by atoms with van der Waals surface area (Å²) in [6, 6.07) is 5.65. The number of phenols is 1. The molecule has 0 bridgehead atoms. The highest BCUT2D eigenvalue weighted by molar-refractivity contribution is 5.97. The van der Waals surface area contributed by atoms with E-state index < -0.39 is 36.3 Å². The minimum Gasteiger partial charge on any atom is -0.507 e. The minimum atomic E-state index is -1.45. The number of benzene rings is 1. The summed E-state index contributed by atoms with van der Waals surface area (Å²) >= 11 is 0. The van der Waals surface area contributed by atoms with Crippen molar-refractivity contribution < 1.29 is 38.9 Å². The second-order valence-corrected chi connectivity index (χ2v) is 7.12. The van der Waals surface area contributed by atoms with Crippen molar-refractivity contribution in [2.75, 3.05) is 26.3 Å². The highest BCUT2D eigenvalue weighted by atomic mass is 16.5. The van der Waals surface area contributed by atoms with Gasteiger partial charge in [-0.15, -0.1) is 0 Å². The first-order valence-electron chi connectivity index (χ1n) is 10.7. The van der Waals surface area contributed by atoms with E-state index in [9.17, 15) is 29.4 Å². The average molecular weight is 501 g/mol. The number of ether oxygens (including phenoxy) is 2. The maximum absolute atomic E-state index is 12.3. The smallest absolute Gasteiger partial charge is 0.408 e. The molecule has 4 amide bonds.